The van der Waals surface area contributed by atoms with Crippen LogP contribution in [0.5, 0.6) is 0 Å². The second kappa shape index (κ2) is 23.6. The van der Waals surface area contributed by atoms with Crippen molar-refractivity contribution in [2.45, 2.75) is 167 Å². The summed E-state index contributed by atoms with van der Waals surface area (Å²) in [6.07, 6.45) is 12.9. The topological polar surface area (TPSA) is 187 Å². The van der Waals surface area contributed by atoms with E-state index in [2.05, 4.69) is 5.32 Å². The van der Waals surface area contributed by atoms with Gasteiger partial charge < -0.3 is 44.1 Å². The maximum absolute atomic E-state index is 14.5. The van der Waals surface area contributed by atoms with Gasteiger partial charge in [-0.3, -0.25) is 19.2 Å². The van der Waals surface area contributed by atoms with Gasteiger partial charge in [0.15, 0.2) is 5.78 Å². The number of nitrogens with one attached hydrogen (secondary N) is 1. The Kier molecular flexibility index (Phi) is 19.1. The number of fused-ring (bicyclic) bond motifs is 4. The van der Waals surface area contributed by atoms with E-state index in [4.69, 9.17) is 23.7 Å². The van der Waals surface area contributed by atoms with Gasteiger partial charge in [-0.25, -0.2) is 4.79 Å². The van der Waals surface area contributed by atoms with E-state index in [0.717, 1.165) is 24.8 Å². The largest absolute Gasteiger partial charge is 0.460 e. The predicted molar refractivity (Wildman–Crippen MR) is 245 cm³/mol. The van der Waals surface area contributed by atoms with Crippen LogP contribution in [-0.4, -0.2) is 134 Å². The number of ketones is 3. The van der Waals surface area contributed by atoms with Crippen molar-refractivity contribution in [1.82, 2.24) is 10.2 Å². The molecule has 4 heterocycles. The molecule has 5 rings (SSSR count). The molecule has 3 saturated heterocycles. The van der Waals surface area contributed by atoms with Crippen LogP contribution in [0.4, 0.5) is 0 Å². The van der Waals surface area contributed by atoms with Crippen LogP contribution in [0.1, 0.15) is 112 Å². The van der Waals surface area contributed by atoms with E-state index >= 15 is 0 Å². The van der Waals surface area contributed by atoms with Crippen molar-refractivity contribution in [3.8, 4) is 0 Å². The number of rotatable bonds is 6. The van der Waals surface area contributed by atoms with Gasteiger partial charge in [0, 0.05) is 70.4 Å². The van der Waals surface area contributed by atoms with Crippen LogP contribution >= 0.6 is 0 Å². The maximum Gasteiger partial charge on any atom is 0.329 e. The minimum Gasteiger partial charge on any atom is -0.460 e. The van der Waals surface area contributed by atoms with Gasteiger partial charge in [0.1, 0.15) is 30.1 Å². The summed E-state index contributed by atoms with van der Waals surface area (Å²) in [6.45, 7) is 11.0. The Hall–Kier alpha value is -3.37. The highest BCUT2D eigenvalue weighted by atomic mass is 16.6. The summed E-state index contributed by atoms with van der Waals surface area (Å²) in [5.41, 5.74) is 1.31. The van der Waals surface area contributed by atoms with Gasteiger partial charge in [0.25, 0.3) is 11.7 Å². The summed E-state index contributed by atoms with van der Waals surface area (Å²) >= 11 is 0. The van der Waals surface area contributed by atoms with Gasteiger partial charge in [0.2, 0.25) is 5.79 Å². The minimum absolute atomic E-state index is 0.0312. The zero-order valence-electron chi connectivity index (χ0n) is 40.5. The van der Waals surface area contributed by atoms with Gasteiger partial charge in [-0.15, -0.1) is 0 Å². The third-order valence-electron chi connectivity index (χ3n) is 15.3. The number of hydrogen-bond donors (Lipinski definition) is 3. The van der Waals surface area contributed by atoms with E-state index in [-0.39, 0.29) is 54.4 Å². The molecule has 0 aromatic rings. The molecule has 0 aromatic carbocycles. The Morgan fingerprint density at radius 3 is 2.29 bits per heavy atom. The zero-order chi connectivity index (χ0) is 47.7. The number of carbonyl (C=O) groups is 5. The van der Waals surface area contributed by atoms with Crippen LogP contribution in [0.15, 0.2) is 47.6 Å². The molecule has 12 unspecified atom stereocenters. The molecule has 0 aromatic heterocycles. The highest BCUT2D eigenvalue weighted by Crippen LogP contribution is 2.45. The number of nitrogens with zero attached hydrogens (tertiary/aromatic N) is 1. The van der Waals surface area contributed by atoms with Crippen molar-refractivity contribution in [3.05, 3.63) is 47.6 Å². The van der Waals surface area contributed by atoms with Crippen molar-refractivity contribution < 1.29 is 57.9 Å². The lowest BCUT2D eigenvalue weighted by Crippen LogP contribution is -2.65. The summed E-state index contributed by atoms with van der Waals surface area (Å²) in [4.78, 5) is 72.3. The summed E-state index contributed by atoms with van der Waals surface area (Å²) in [6, 6.07) is -0.902. The molecular formula is C51H78N2O12. The number of methoxy groups -OCH3 is 3. The van der Waals surface area contributed by atoms with E-state index in [1.165, 1.54) is 12.0 Å². The molecule has 4 aliphatic heterocycles. The predicted octanol–water partition coefficient (Wildman–Crippen LogP) is 5.63. The second-order valence-electron chi connectivity index (χ2n) is 19.8. The minimum atomic E-state index is -2.42. The lowest BCUT2D eigenvalue weighted by Gasteiger charge is -2.50. The molecule has 1 amide bonds. The van der Waals surface area contributed by atoms with Crippen LogP contribution in [0.25, 0.3) is 0 Å². The number of piperidine rings is 1. The molecule has 1 aliphatic carbocycles. The first-order valence-corrected chi connectivity index (χ1v) is 24.0. The summed E-state index contributed by atoms with van der Waals surface area (Å²) in [5.74, 6) is -8.00. The Balaban J connectivity index is 1.51. The van der Waals surface area contributed by atoms with Crippen molar-refractivity contribution >= 4 is 29.2 Å². The first-order chi connectivity index (χ1) is 30.9. The number of ether oxygens (including phenoxy) is 5. The molecule has 1 saturated carbocycles. The number of allylic oxidation sites excluding steroid dienone is 6. The molecule has 65 heavy (non-hydrogen) atoms. The second-order valence-corrected chi connectivity index (χ2v) is 19.8. The van der Waals surface area contributed by atoms with E-state index < -0.39 is 83.7 Å². The van der Waals surface area contributed by atoms with Crippen molar-refractivity contribution in [1.29, 1.82) is 0 Å². The normalized spacial score (nSPS) is 42.7. The van der Waals surface area contributed by atoms with Crippen LogP contribution in [0.2, 0.25) is 0 Å². The van der Waals surface area contributed by atoms with E-state index in [1.54, 1.807) is 41.1 Å². The van der Waals surface area contributed by atoms with E-state index in [0.29, 0.717) is 50.5 Å². The molecule has 3 N–H and O–H groups in total. The van der Waals surface area contributed by atoms with Crippen molar-refractivity contribution in [3.63, 3.8) is 0 Å². The van der Waals surface area contributed by atoms with Gasteiger partial charge in [-0.2, -0.15) is 0 Å². The number of Topliss-reactive ketones (excluding diaryl/α,β-unsaturated/α-hetero) is 3. The van der Waals surface area contributed by atoms with Crippen LogP contribution in [0.3, 0.4) is 0 Å². The number of amides is 1. The number of aliphatic hydroxyl groups is 2. The average molecular weight is 911 g/mol. The third kappa shape index (κ3) is 12.4. The fraction of sp³-hybridized carbons (Fsp3) is 0.745. The quantitative estimate of drug-likeness (QED) is 0.169. The van der Waals surface area contributed by atoms with Gasteiger partial charge in [-0.05, 0) is 108 Å². The van der Waals surface area contributed by atoms with Crippen molar-refractivity contribution in [2.75, 3.05) is 34.9 Å². The first-order valence-electron chi connectivity index (χ1n) is 24.0. The molecule has 0 spiro atoms. The highest BCUT2D eigenvalue weighted by molar-refractivity contribution is 6.39. The maximum atomic E-state index is 14.5. The summed E-state index contributed by atoms with van der Waals surface area (Å²) in [7, 11) is 6.61. The Labute approximate surface area is 386 Å². The Morgan fingerprint density at radius 1 is 0.877 bits per heavy atom. The summed E-state index contributed by atoms with van der Waals surface area (Å²) < 4.78 is 29.8. The Bertz CT molecular complexity index is 1810. The number of aliphatic hydroxyl groups excluding tert-OH is 1. The van der Waals surface area contributed by atoms with Gasteiger partial charge in [-0.1, -0.05) is 64.2 Å². The molecule has 4 fully saturated rings. The Morgan fingerprint density at radius 2 is 1.62 bits per heavy atom. The summed E-state index contributed by atoms with van der Waals surface area (Å²) in [5, 5.41) is 26.9. The highest BCUT2D eigenvalue weighted by Gasteiger charge is 2.57. The van der Waals surface area contributed by atoms with Crippen LogP contribution < -0.4 is 5.32 Å². The smallest absolute Gasteiger partial charge is 0.329 e. The molecule has 14 heteroatoms. The number of carbonyl (C=O) groups excluding carboxylic acids is 5. The SMILES string of the molecule is CNC1CCC(C[C@H]2C3CCCN4C(=O)C(=O)C5(O)OC(CCC5C)CC(OC)/C(C)=C/C=C/C=C/[C@@H](C)CC(C)C(=O)[C@H](OC)C(O)/C(C)=C/C(C)C(=O)C[C@@H]2OC(=O)C34)CC1OC. The van der Waals surface area contributed by atoms with Crippen LogP contribution in [-0.2, 0) is 47.7 Å². The lowest BCUT2D eigenvalue weighted by atomic mass is 9.67. The molecule has 364 valence electrons. The molecule has 5 aliphatic rings. The van der Waals surface area contributed by atoms with Crippen molar-refractivity contribution in [2.24, 2.45) is 41.4 Å². The average Bonchev–Trinajstić information content (AvgIpc) is 3.29. The van der Waals surface area contributed by atoms with E-state index in [9.17, 15) is 34.2 Å². The number of esters is 1. The monoisotopic (exact) mass is 911 g/mol. The fourth-order valence-corrected chi connectivity index (χ4v) is 11.3. The first kappa shape index (κ1) is 52.6. The number of hydrogen-bond acceptors (Lipinski definition) is 13. The molecule has 0 radical (unpaired) electrons. The third-order valence-corrected chi connectivity index (χ3v) is 15.3. The fourth-order valence-electron chi connectivity index (χ4n) is 11.3. The van der Waals surface area contributed by atoms with Gasteiger partial charge in [0.05, 0.1) is 18.3 Å². The van der Waals surface area contributed by atoms with E-state index in [1.807, 2.05) is 58.2 Å². The number of likely N-dealkylation sites (N-methyl/N-ethyl adjacent to an activating group) is 1. The van der Waals surface area contributed by atoms with Gasteiger partial charge >= 0.3 is 5.97 Å². The molecular weight excluding hydrogens is 833 g/mol. The molecule has 14 nitrogen and oxygen atoms in total. The standard InChI is InChI=1S/C51H78N2O12/c1-29-15-12-11-13-16-30(2)41(61-8)27-36-20-18-34(6)51(60,65-36)48(57)49(58)53-22-14-17-37-38(25-35-19-21-39(52-7)43(26-35)62-9)42(64-50(59)44(37)53)28-40(54)31(3)24-33(5)46(56)47(63-10)45(55)32(4)23-29/h11-13,15-16,24,29,31-32,34-39,41-44,46-47,52,56,60H,14,17-23,25-28H2,1-10H3/b13-11+,15-12+,30-16+,33-24+/t29-,31?,32?,34?,35?,36?,37?,38+,39?,41?,42+,43?,44?,46?,47+,51?/m1/s1. The molecule has 16 atom stereocenters. The molecule has 4 bridgehead atoms. The lowest BCUT2D eigenvalue weighted by molar-refractivity contribution is -0.266. The van der Waals surface area contributed by atoms with Crippen LogP contribution in [0, 0.1) is 41.4 Å². The zero-order valence-corrected chi connectivity index (χ0v) is 40.5.